The zero-order valence-electron chi connectivity index (χ0n) is 26.5. The molecule has 0 spiro atoms. The number of rotatable bonds is 14. The fourth-order valence-corrected chi connectivity index (χ4v) is 6.72. The van der Waals surface area contributed by atoms with Gasteiger partial charge in [-0.15, -0.1) is 0 Å². The van der Waals surface area contributed by atoms with E-state index in [1.165, 1.54) is 17.0 Å². The Morgan fingerprint density at radius 1 is 0.891 bits per heavy atom. The van der Waals surface area contributed by atoms with Crippen LogP contribution in [0.5, 0.6) is 5.75 Å². The Bertz CT molecular complexity index is 1740. The summed E-state index contributed by atoms with van der Waals surface area (Å²) in [6.45, 7) is 5.05. The number of nitrogens with zero attached hydrogens (tertiary/aromatic N) is 2. The molecule has 0 fully saturated rings. The summed E-state index contributed by atoms with van der Waals surface area (Å²) < 4.78 is 34.9. The molecule has 0 aliphatic carbocycles. The zero-order chi connectivity index (χ0) is 33.3. The van der Waals surface area contributed by atoms with E-state index in [9.17, 15) is 18.0 Å². The van der Waals surface area contributed by atoms with Crippen LogP contribution < -0.4 is 14.4 Å². The summed E-state index contributed by atoms with van der Waals surface area (Å²) in [5.74, 6) is -0.288. The van der Waals surface area contributed by atoms with E-state index in [1.54, 1.807) is 62.6 Å². The van der Waals surface area contributed by atoms with Crippen molar-refractivity contribution in [3.05, 3.63) is 125 Å². The highest BCUT2D eigenvalue weighted by molar-refractivity contribution is 7.92. The van der Waals surface area contributed by atoms with E-state index in [0.29, 0.717) is 22.8 Å². The number of sulfonamides is 1. The smallest absolute Gasteiger partial charge is 0.264 e. The van der Waals surface area contributed by atoms with Crippen molar-refractivity contribution in [1.29, 1.82) is 0 Å². The molecule has 10 heteroatoms. The standard InChI is InChI=1S/C36H40ClN3O5S/c1-5-26(2)38-36(42)34(23-28-14-8-6-9-15-28)39(24-29-16-12-17-30(22-29)45-4)35(41)25-40(33-21-13-20-32(37)27(33)3)46(43,44)31-18-10-7-11-19-31/h6-22,26,34H,5,23-25H2,1-4H3,(H,38,42)/t26-,34-/m0/s1. The number of anilines is 1. The van der Waals surface area contributed by atoms with E-state index in [4.69, 9.17) is 16.3 Å². The lowest BCUT2D eigenvalue weighted by Crippen LogP contribution is -2.54. The third-order valence-corrected chi connectivity index (χ3v) is 10.1. The maximum atomic E-state index is 14.6. The van der Waals surface area contributed by atoms with Crippen molar-refractivity contribution >= 4 is 39.1 Å². The fraction of sp³-hybridized carbons (Fsp3) is 0.278. The summed E-state index contributed by atoms with van der Waals surface area (Å²) in [7, 11) is -2.67. The normalized spacial score (nSPS) is 12.5. The molecule has 4 rings (SSSR count). The fourth-order valence-electron chi connectivity index (χ4n) is 5.06. The van der Waals surface area contributed by atoms with Gasteiger partial charge in [-0.1, -0.05) is 85.3 Å². The molecule has 0 saturated heterocycles. The van der Waals surface area contributed by atoms with Crippen molar-refractivity contribution in [3.63, 3.8) is 0 Å². The Kier molecular flexibility index (Phi) is 11.8. The van der Waals surface area contributed by atoms with Crippen LogP contribution in [0.3, 0.4) is 0 Å². The molecule has 242 valence electrons. The van der Waals surface area contributed by atoms with Crippen LogP contribution in [0.1, 0.15) is 37.0 Å². The van der Waals surface area contributed by atoms with Crippen molar-refractivity contribution in [1.82, 2.24) is 10.2 Å². The molecule has 2 amide bonds. The van der Waals surface area contributed by atoms with E-state index >= 15 is 0 Å². The van der Waals surface area contributed by atoms with Crippen molar-refractivity contribution in [2.24, 2.45) is 0 Å². The van der Waals surface area contributed by atoms with E-state index < -0.39 is 28.5 Å². The maximum absolute atomic E-state index is 14.6. The number of carbonyl (C=O) groups excluding carboxylic acids is 2. The van der Waals surface area contributed by atoms with Gasteiger partial charge in [-0.3, -0.25) is 13.9 Å². The number of hydrogen-bond acceptors (Lipinski definition) is 5. The molecule has 0 unspecified atom stereocenters. The quantitative estimate of drug-likeness (QED) is 0.169. The summed E-state index contributed by atoms with van der Waals surface area (Å²) in [5, 5.41) is 3.41. The molecular formula is C36H40ClN3O5S. The molecule has 0 aliphatic rings. The molecule has 0 aromatic heterocycles. The van der Waals surface area contributed by atoms with Gasteiger partial charge in [0.05, 0.1) is 17.7 Å². The second-order valence-electron chi connectivity index (χ2n) is 11.1. The number of ether oxygens (including phenoxy) is 1. The molecule has 0 bridgehead atoms. The molecule has 8 nitrogen and oxygen atoms in total. The Labute approximate surface area is 277 Å². The molecule has 0 radical (unpaired) electrons. The van der Waals surface area contributed by atoms with E-state index in [0.717, 1.165) is 15.4 Å². The van der Waals surface area contributed by atoms with Crippen LogP contribution in [-0.2, 0) is 32.6 Å². The zero-order valence-corrected chi connectivity index (χ0v) is 28.1. The summed E-state index contributed by atoms with van der Waals surface area (Å²) >= 11 is 6.45. The molecule has 0 heterocycles. The van der Waals surface area contributed by atoms with E-state index in [2.05, 4.69) is 5.32 Å². The summed E-state index contributed by atoms with van der Waals surface area (Å²) in [6, 6.07) is 28.5. The predicted octanol–water partition coefficient (Wildman–Crippen LogP) is 6.41. The molecule has 46 heavy (non-hydrogen) atoms. The molecule has 4 aromatic rings. The molecule has 0 aliphatic heterocycles. The summed E-state index contributed by atoms with van der Waals surface area (Å²) in [4.78, 5) is 30.1. The van der Waals surface area contributed by atoms with Gasteiger partial charge in [0.25, 0.3) is 10.0 Å². The first kappa shape index (κ1) is 34.5. The lowest BCUT2D eigenvalue weighted by molar-refractivity contribution is -0.140. The van der Waals surface area contributed by atoms with Crippen LogP contribution in [0, 0.1) is 6.92 Å². The van der Waals surface area contributed by atoms with Crippen LogP contribution in [0.15, 0.2) is 108 Å². The van der Waals surface area contributed by atoms with E-state index in [-0.39, 0.29) is 35.5 Å². The van der Waals surface area contributed by atoms with Gasteiger partial charge in [0.2, 0.25) is 11.8 Å². The second-order valence-corrected chi connectivity index (χ2v) is 13.4. The Morgan fingerprint density at radius 2 is 1.52 bits per heavy atom. The minimum absolute atomic E-state index is 0.0249. The third kappa shape index (κ3) is 8.47. The topological polar surface area (TPSA) is 96.0 Å². The number of hydrogen-bond donors (Lipinski definition) is 1. The van der Waals surface area contributed by atoms with Gasteiger partial charge in [0, 0.05) is 24.0 Å². The van der Waals surface area contributed by atoms with Crippen LogP contribution in [0.4, 0.5) is 5.69 Å². The average molecular weight is 662 g/mol. The highest BCUT2D eigenvalue weighted by atomic mass is 35.5. The Hall–Kier alpha value is -4.34. The van der Waals surface area contributed by atoms with Crippen molar-refractivity contribution in [2.45, 2.75) is 57.1 Å². The molecule has 2 atom stereocenters. The summed E-state index contributed by atoms with van der Waals surface area (Å²) in [5.41, 5.74) is 2.36. The molecule has 1 N–H and O–H groups in total. The van der Waals surface area contributed by atoms with Gasteiger partial charge in [-0.05, 0) is 73.4 Å². The maximum Gasteiger partial charge on any atom is 0.264 e. The van der Waals surface area contributed by atoms with Gasteiger partial charge < -0.3 is 15.0 Å². The monoisotopic (exact) mass is 661 g/mol. The molecule has 4 aromatic carbocycles. The molecule has 0 saturated carbocycles. The van der Waals surface area contributed by atoms with Crippen LogP contribution in [0.25, 0.3) is 0 Å². The number of benzene rings is 4. The van der Waals surface area contributed by atoms with Crippen molar-refractivity contribution in [3.8, 4) is 5.75 Å². The van der Waals surface area contributed by atoms with E-state index in [1.807, 2.05) is 56.3 Å². The number of amides is 2. The Balaban J connectivity index is 1.84. The largest absolute Gasteiger partial charge is 0.497 e. The minimum atomic E-state index is -4.23. The SMILES string of the molecule is CC[C@H](C)NC(=O)[C@H](Cc1ccccc1)N(Cc1cccc(OC)c1)C(=O)CN(c1cccc(Cl)c1C)S(=O)(=O)c1ccccc1. The van der Waals surface area contributed by atoms with Gasteiger partial charge in [0.15, 0.2) is 0 Å². The first-order chi connectivity index (χ1) is 22.0. The number of methoxy groups -OCH3 is 1. The highest BCUT2D eigenvalue weighted by Gasteiger charge is 2.35. The first-order valence-electron chi connectivity index (χ1n) is 15.1. The van der Waals surface area contributed by atoms with Crippen LogP contribution in [-0.4, -0.2) is 50.9 Å². The lowest BCUT2D eigenvalue weighted by Gasteiger charge is -2.34. The Morgan fingerprint density at radius 3 is 2.17 bits per heavy atom. The third-order valence-electron chi connectivity index (χ3n) is 7.88. The lowest BCUT2D eigenvalue weighted by atomic mass is 10.0. The first-order valence-corrected chi connectivity index (χ1v) is 17.0. The van der Waals surface area contributed by atoms with Gasteiger partial charge in [-0.25, -0.2) is 8.42 Å². The number of halogens is 1. The minimum Gasteiger partial charge on any atom is -0.497 e. The average Bonchev–Trinajstić information content (AvgIpc) is 3.07. The number of nitrogens with one attached hydrogen (secondary N) is 1. The number of carbonyl (C=O) groups is 2. The molecular weight excluding hydrogens is 622 g/mol. The van der Waals surface area contributed by atoms with Gasteiger partial charge >= 0.3 is 0 Å². The van der Waals surface area contributed by atoms with Crippen molar-refractivity contribution in [2.75, 3.05) is 18.0 Å². The highest BCUT2D eigenvalue weighted by Crippen LogP contribution is 2.31. The van der Waals surface area contributed by atoms with Crippen LogP contribution >= 0.6 is 11.6 Å². The van der Waals surface area contributed by atoms with Gasteiger partial charge in [-0.2, -0.15) is 0 Å². The van der Waals surface area contributed by atoms with Crippen molar-refractivity contribution < 1.29 is 22.7 Å². The van der Waals surface area contributed by atoms with Gasteiger partial charge in [0.1, 0.15) is 18.3 Å². The van der Waals surface area contributed by atoms with Crippen LogP contribution in [0.2, 0.25) is 5.02 Å². The predicted molar refractivity (Wildman–Crippen MR) is 183 cm³/mol. The summed E-state index contributed by atoms with van der Waals surface area (Å²) in [6.07, 6.45) is 0.922. The second kappa shape index (κ2) is 15.8.